The lowest BCUT2D eigenvalue weighted by molar-refractivity contribution is 0.0543. The molecule has 0 unspecified atom stereocenters. The summed E-state index contributed by atoms with van der Waals surface area (Å²) < 4.78 is 19.0. The van der Waals surface area contributed by atoms with Gasteiger partial charge in [0.25, 0.3) is 0 Å². The van der Waals surface area contributed by atoms with Crippen LogP contribution in [0.15, 0.2) is 36.7 Å². The van der Waals surface area contributed by atoms with E-state index in [9.17, 15) is 4.39 Å². The highest BCUT2D eigenvalue weighted by Gasteiger charge is 2.34. The largest absolute Gasteiger partial charge is 0.381 e. The molecule has 26 heavy (non-hydrogen) atoms. The average molecular weight is 371 g/mol. The van der Waals surface area contributed by atoms with Crippen LogP contribution in [0.5, 0.6) is 0 Å². The highest BCUT2D eigenvalue weighted by atomic mass is 32.1. The maximum absolute atomic E-state index is 13.4. The molecule has 6 heteroatoms. The van der Waals surface area contributed by atoms with E-state index in [2.05, 4.69) is 28.3 Å². The molecule has 0 amide bonds. The molecule has 136 valence electrons. The van der Waals surface area contributed by atoms with Gasteiger partial charge in [-0.2, -0.15) is 0 Å². The monoisotopic (exact) mass is 371 g/mol. The van der Waals surface area contributed by atoms with Crippen molar-refractivity contribution in [1.29, 1.82) is 0 Å². The van der Waals surface area contributed by atoms with Crippen LogP contribution in [0.4, 0.5) is 10.2 Å². The Balaban J connectivity index is 1.63. The van der Waals surface area contributed by atoms with E-state index >= 15 is 0 Å². The predicted molar refractivity (Wildman–Crippen MR) is 103 cm³/mol. The van der Waals surface area contributed by atoms with Gasteiger partial charge in [-0.1, -0.05) is 19.1 Å². The SMILES string of the molecule is CCc1cc2c(NCC3(c4ccc(F)cc4)CCOCC3)ncnc2s1. The zero-order valence-electron chi connectivity index (χ0n) is 14.8. The van der Waals surface area contributed by atoms with Gasteiger partial charge in [0.2, 0.25) is 0 Å². The second-order valence-electron chi connectivity index (χ2n) is 6.76. The number of anilines is 1. The molecule has 1 fully saturated rings. The molecular formula is C20H22FN3OS. The van der Waals surface area contributed by atoms with E-state index in [4.69, 9.17) is 4.74 Å². The topological polar surface area (TPSA) is 47.0 Å². The number of aromatic nitrogens is 2. The summed E-state index contributed by atoms with van der Waals surface area (Å²) in [4.78, 5) is 11.2. The molecule has 1 aromatic carbocycles. The summed E-state index contributed by atoms with van der Waals surface area (Å²) in [6.45, 7) is 4.33. The van der Waals surface area contributed by atoms with Gasteiger partial charge in [-0.25, -0.2) is 14.4 Å². The summed E-state index contributed by atoms with van der Waals surface area (Å²) in [5.74, 6) is 0.672. The van der Waals surface area contributed by atoms with Gasteiger partial charge in [-0.15, -0.1) is 11.3 Å². The number of hydrogen-bond acceptors (Lipinski definition) is 5. The zero-order valence-corrected chi connectivity index (χ0v) is 15.6. The number of thiophene rings is 1. The van der Waals surface area contributed by atoms with Gasteiger partial charge in [0.1, 0.15) is 22.8 Å². The van der Waals surface area contributed by atoms with Gasteiger partial charge in [-0.3, -0.25) is 0 Å². The van der Waals surface area contributed by atoms with Crippen LogP contribution >= 0.6 is 11.3 Å². The van der Waals surface area contributed by atoms with Gasteiger partial charge in [0.05, 0.1) is 5.39 Å². The molecular weight excluding hydrogens is 349 g/mol. The average Bonchev–Trinajstić information content (AvgIpc) is 3.11. The van der Waals surface area contributed by atoms with Gasteiger partial charge < -0.3 is 10.1 Å². The minimum Gasteiger partial charge on any atom is -0.381 e. The van der Waals surface area contributed by atoms with Crippen LogP contribution in [-0.2, 0) is 16.6 Å². The van der Waals surface area contributed by atoms with Crippen molar-refractivity contribution in [3.05, 3.63) is 52.9 Å². The van der Waals surface area contributed by atoms with Crippen molar-refractivity contribution >= 4 is 27.4 Å². The minimum atomic E-state index is -0.202. The summed E-state index contributed by atoms with van der Waals surface area (Å²) in [7, 11) is 0. The number of nitrogens with one attached hydrogen (secondary N) is 1. The molecule has 0 atom stereocenters. The number of fused-ring (bicyclic) bond motifs is 1. The van der Waals surface area contributed by atoms with Crippen molar-refractivity contribution < 1.29 is 9.13 Å². The Morgan fingerprint density at radius 3 is 2.69 bits per heavy atom. The minimum absolute atomic E-state index is 0.0766. The molecule has 0 radical (unpaired) electrons. The van der Waals surface area contributed by atoms with Crippen LogP contribution in [0.2, 0.25) is 0 Å². The van der Waals surface area contributed by atoms with Crippen molar-refractivity contribution in [2.24, 2.45) is 0 Å². The number of hydrogen-bond donors (Lipinski definition) is 1. The Bertz CT molecular complexity index is 888. The summed E-state index contributed by atoms with van der Waals surface area (Å²) in [6.07, 6.45) is 4.43. The maximum atomic E-state index is 13.4. The van der Waals surface area contributed by atoms with Crippen LogP contribution in [-0.4, -0.2) is 29.7 Å². The van der Waals surface area contributed by atoms with Crippen LogP contribution in [0.1, 0.15) is 30.2 Å². The second-order valence-corrected chi connectivity index (χ2v) is 7.88. The van der Waals surface area contributed by atoms with E-state index < -0.39 is 0 Å². The van der Waals surface area contributed by atoms with E-state index in [-0.39, 0.29) is 11.2 Å². The first-order chi connectivity index (χ1) is 12.7. The molecule has 0 saturated carbocycles. The summed E-state index contributed by atoms with van der Waals surface area (Å²) >= 11 is 1.72. The second kappa shape index (κ2) is 7.29. The van der Waals surface area contributed by atoms with Gasteiger partial charge in [0.15, 0.2) is 0 Å². The zero-order chi connectivity index (χ0) is 18.0. The third kappa shape index (κ3) is 3.31. The molecule has 3 aromatic rings. The van der Waals surface area contributed by atoms with Crippen molar-refractivity contribution in [3.63, 3.8) is 0 Å². The van der Waals surface area contributed by atoms with E-state index in [0.717, 1.165) is 60.6 Å². The van der Waals surface area contributed by atoms with Gasteiger partial charge in [0, 0.05) is 30.1 Å². The van der Waals surface area contributed by atoms with E-state index in [1.54, 1.807) is 29.8 Å². The number of ether oxygens (including phenoxy) is 1. The molecule has 1 saturated heterocycles. The van der Waals surface area contributed by atoms with E-state index in [1.807, 2.05) is 12.1 Å². The van der Waals surface area contributed by atoms with Crippen LogP contribution in [0, 0.1) is 5.82 Å². The lowest BCUT2D eigenvalue weighted by Gasteiger charge is -2.38. The standard InChI is InChI=1S/C20H22FN3OS/c1-2-16-11-17-18(23-13-24-19(17)26-16)22-12-20(7-9-25-10-8-20)14-3-5-15(21)6-4-14/h3-6,11,13H,2,7-10,12H2,1H3,(H,22,23,24). The van der Waals surface area contributed by atoms with Gasteiger partial charge >= 0.3 is 0 Å². The molecule has 1 aliphatic heterocycles. The normalized spacial score (nSPS) is 16.7. The fourth-order valence-electron chi connectivity index (χ4n) is 3.61. The van der Waals surface area contributed by atoms with Crippen LogP contribution in [0.25, 0.3) is 10.2 Å². The molecule has 4 nitrogen and oxygen atoms in total. The molecule has 3 heterocycles. The molecule has 1 aliphatic rings. The first-order valence-electron chi connectivity index (χ1n) is 9.01. The van der Waals surface area contributed by atoms with Crippen LogP contribution < -0.4 is 5.32 Å². The smallest absolute Gasteiger partial charge is 0.138 e. The van der Waals surface area contributed by atoms with Crippen molar-refractivity contribution in [2.45, 2.75) is 31.6 Å². The first-order valence-corrected chi connectivity index (χ1v) is 9.83. The Kier molecular flexibility index (Phi) is 4.87. The Morgan fingerprint density at radius 1 is 1.19 bits per heavy atom. The Hall–Kier alpha value is -2.05. The van der Waals surface area contributed by atoms with Gasteiger partial charge in [-0.05, 0) is 43.0 Å². The number of halogens is 1. The number of aryl methyl sites for hydroxylation is 1. The molecule has 0 bridgehead atoms. The molecule has 0 aliphatic carbocycles. The van der Waals surface area contributed by atoms with E-state index in [0.29, 0.717) is 0 Å². The fourth-order valence-corrected chi connectivity index (χ4v) is 4.54. The molecule has 1 N–H and O–H groups in total. The van der Waals surface area contributed by atoms with Crippen molar-refractivity contribution in [2.75, 3.05) is 25.1 Å². The molecule has 4 rings (SSSR count). The first kappa shape index (κ1) is 17.4. The Labute approximate surface area is 156 Å². The van der Waals surface area contributed by atoms with Crippen molar-refractivity contribution in [1.82, 2.24) is 9.97 Å². The number of nitrogens with zero attached hydrogens (tertiary/aromatic N) is 2. The third-order valence-electron chi connectivity index (χ3n) is 5.23. The predicted octanol–water partition coefficient (Wildman–Crippen LogP) is 4.55. The third-order valence-corrected chi connectivity index (χ3v) is 6.42. The highest BCUT2D eigenvalue weighted by molar-refractivity contribution is 7.18. The van der Waals surface area contributed by atoms with Crippen molar-refractivity contribution in [3.8, 4) is 0 Å². The summed E-state index contributed by atoms with van der Waals surface area (Å²) in [5.41, 5.74) is 1.08. The lowest BCUT2D eigenvalue weighted by Crippen LogP contribution is -2.40. The Morgan fingerprint density at radius 2 is 1.96 bits per heavy atom. The quantitative estimate of drug-likeness (QED) is 0.715. The fraction of sp³-hybridized carbons (Fsp3) is 0.400. The number of rotatable bonds is 5. The summed E-state index contributed by atoms with van der Waals surface area (Å²) in [5, 5.41) is 4.63. The number of benzene rings is 1. The lowest BCUT2D eigenvalue weighted by atomic mass is 9.74. The van der Waals surface area contributed by atoms with E-state index in [1.165, 1.54) is 4.88 Å². The van der Waals surface area contributed by atoms with Crippen LogP contribution in [0.3, 0.4) is 0 Å². The maximum Gasteiger partial charge on any atom is 0.138 e. The highest BCUT2D eigenvalue weighted by Crippen LogP contribution is 2.36. The molecule has 0 spiro atoms. The summed E-state index contributed by atoms with van der Waals surface area (Å²) in [6, 6.07) is 9.07. The molecule has 2 aromatic heterocycles.